The second-order valence-electron chi connectivity index (χ2n) is 9.52. The molecule has 2 saturated heterocycles. The van der Waals surface area contributed by atoms with Crippen LogP contribution >= 0.6 is 0 Å². The minimum atomic E-state index is -0.514. The third kappa shape index (κ3) is 4.35. The van der Waals surface area contributed by atoms with Crippen LogP contribution in [0, 0.1) is 6.92 Å². The van der Waals surface area contributed by atoms with E-state index in [0.717, 1.165) is 75.9 Å². The summed E-state index contributed by atoms with van der Waals surface area (Å²) in [6.07, 6.45) is 5.31. The molecule has 3 aromatic rings. The van der Waals surface area contributed by atoms with Gasteiger partial charge >= 0.3 is 11.1 Å². The number of hydrogen-bond acceptors (Lipinski definition) is 8. The number of fused-ring (bicyclic) bond motifs is 1. The monoisotopic (exact) mass is 464 g/mol. The van der Waals surface area contributed by atoms with Gasteiger partial charge in [0.1, 0.15) is 0 Å². The molecule has 0 N–H and O–H groups in total. The number of rotatable bonds is 4. The second-order valence-corrected chi connectivity index (χ2v) is 9.52. The fraction of sp³-hybridized carbons (Fsp3) is 0.542. The Balaban J connectivity index is 1.29. The van der Waals surface area contributed by atoms with Crippen molar-refractivity contribution in [3.8, 4) is 0 Å². The molecule has 0 aromatic carbocycles. The summed E-state index contributed by atoms with van der Waals surface area (Å²) in [5, 5.41) is 0. The molecule has 0 spiro atoms. The Morgan fingerprint density at radius 3 is 2.26 bits per heavy atom. The van der Waals surface area contributed by atoms with Crippen LogP contribution in [0.4, 0.5) is 5.95 Å². The molecule has 5 rings (SSSR count). The van der Waals surface area contributed by atoms with Gasteiger partial charge in [0.25, 0.3) is 0 Å². The summed E-state index contributed by atoms with van der Waals surface area (Å²) >= 11 is 0. The van der Waals surface area contributed by atoms with Gasteiger partial charge in [0, 0.05) is 82.6 Å². The van der Waals surface area contributed by atoms with E-state index in [1.165, 1.54) is 4.57 Å². The molecule has 0 amide bonds. The van der Waals surface area contributed by atoms with E-state index in [0.29, 0.717) is 11.2 Å². The minimum Gasteiger partial charge on any atom is -0.341 e. The number of likely N-dealkylation sites (N-methyl/N-ethyl adjacent to an activating group) is 1. The van der Waals surface area contributed by atoms with E-state index in [9.17, 15) is 9.59 Å². The van der Waals surface area contributed by atoms with E-state index in [1.807, 2.05) is 31.5 Å². The highest BCUT2D eigenvalue weighted by Gasteiger charge is 2.26. The highest BCUT2D eigenvalue weighted by molar-refractivity contribution is 5.71. The third-order valence-electron chi connectivity index (χ3n) is 7.10. The van der Waals surface area contributed by atoms with Crippen molar-refractivity contribution < 1.29 is 0 Å². The lowest BCUT2D eigenvalue weighted by Crippen LogP contribution is -2.45. The summed E-state index contributed by atoms with van der Waals surface area (Å²) in [6, 6.07) is 3.65. The van der Waals surface area contributed by atoms with Gasteiger partial charge in [-0.25, -0.2) is 15.0 Å². The van der Waals surface area contributed by atoms with Gasteiger partial charge in [0.15, 0.2) is 5.65 Å². The Hall–Kier alpha value is -3.11. The van der Waals surface area contributed by atoms with E-state index in [-0.39, 0.29) is 6.04 Å². The van der Waals surface area contributed by atoms with Crippen molar-refractivity contribution >= 4 is 17.1 Å². The van der Waals surface area contributed by atoms with Crippen LogP contribution in [0.5, 0.6) is 0 Å². The zero-order valence-corrected chi connectivity index (χ0v) is 20.1. The number of anilines is 1. The van der Waals surface area contributed by atoms with Gasteiger partial charge in [-0.15, -0.1) is 0 Å². The van der Waals surface area contributed by atoms with Crippen LogP contribution in [0.15, 0.2) is 34.1 Å². The Bertz CT molecular complexity index is 1280. The maximum atomic E-state index is 12.9. The smallest absolute Gasteiger partial charge is 0.318 e. The Labute approximate surface area is 198 Å². The summed E-state index contributed by atoms with van der Waals surface area (Å²) in [6.45, 7) is 8.53. The number of aromatic nitrogens is 5. The SMILES string of the molecule is Cc1ccc2c(n1)n(C1CCN(c3ncc(CN4CCN(C)CC4)cn3)CC1)c(=O)c(=O)n2C. The number of aryl methyl sites for hydroxylation is 2. The number of nitrogens with zero attached hydrogens (tertiary/aromatic N) is 8. The van der Waals surface area contributed by atoms with Gasteiger partial charge in [0.2, 0.25) is 5.95 Å². The van der Waals surface area contributed by atoms with Crippen LogP contribution in [-0.4, -0.2) is 80.2 Å². The summed E-state index contributed by atoms with van der Waals surface area (Å²) in [5.74, 6) is 0.718. The topological polar surface area (TPSA) is 92.4 Å². The van der Waals surface area contributed by atoms with Gasteiger partial charge in [0.05, 0.1) is 5.52 Å². The van der Waals surface area contributed by atoms with Crippen LogP contribution in [-0.2, 0) is 13.6 Å². The lowest BCUT2D eigenvalue weighted by atomic mass is 10.0. The lowest BCUT2D eigenvalue weighted by Gasteiger charge is -2.33. The van der Waals surface area contributed by atoms with Crippen LogP contribution in [0.2, 0.25) is 0 Å². The highest BCUT2D eigenvalue weighted by Crippen LogP contribution is 2.26. The van der Waals surface area contributed by atoms with Crippen LogP contribution in [0.3, 0.4) is 0 Å². The third-order valence-corrected chi connectivity index (χ3v) is 7.10. The van der Waals surface area contributed by atoms with Crippen molar-refractivity contribution in [2.24, 2.45) is 7.05 Å². The fourth-order valence-electron chi connectivity index (χ4n) is 4.95. The van der Waals surface area contributed by atoms with Crippen molar-refractivity contribution in [2.75, 3.05) is 51.2 Å². The molecule has 0 saturated carbocycles. The first kappa shape index (κ1) is 22.7. The molecule has 2 fully saturated rings. The number of piperazine rings is 1. The van der Waals surface area contributed by atoms with Crippen molar-refractivity contribution in [1.82, 2.24) is 33.9 Å². The molecule has 3 aromatic heterocycles. The molecule has 34 heavy (non-hydrogen) atoms. The minimum absolute atomic E-state index is 0.0778. The molecule has 2 aliphatic heterocycles. The predicted molar refractivity (Wildman–Crippen MR) is 131 cm³/mol. The summed E-state index contributed by atoms with van der Waals surface area (Å²) in [7, 11) is 3.78. The first-order valence-electron chi connectivity index (χ1n) is 12.0. The molecule has 0 aliphatic carbocycles. The molecule has 0 unspecified atom stereocenters. The largest absolute Gasteiger partial charge is 0.341 e. The summed E-state index contributed by atoms with van der Waals surface area (Å²) in [5.41, 5.74) is 2.19. The van der Waals surface area contributed by atoms with E-state index in [2.05, 4.69) is 36.7 Å². The Morgan fingerprint density at radius 2 is 1.59 bits per heavy atom. The first-order chi connectivity index (χ1) is 16.4. The Morgan fingerprint density at radius 1 is 0.912 bits per heavy atom. The molecular formula is C24H32N8O2. The van der Waals surface area contributed by atoms with Crippen LogP contribution < -0.4 is 16.0 Å². The summed E-state index contributed by atoms with van der Waals surface area (Å²) < 4.78 is 3.01. The van der Waals surface area contributed by atoms with Gasteiger partial charge in [-0.3, -0.25) is 19.1 Å². The van der Waals surface area contributed by atoms with Gasteiger partial charge in [-0.2, -0.15) is 0 Å². The molecule has 10 heteroatoms. The van der Waals surface area contributed by atoms with E-state index >= 15 is 0 Å². The predicted octanol–water partition coefficient (Wildman–Crippen LogP) is 0.783. The van der Waals surface area contributed by atoms with E-state index in [4.69, 9.17) is 0 Å². The number of piperidine rings is 1. The standard InChI is InChI=1S/C24H32N8O2/c1-17-4-5-20-21(27-17)32(23(34)22(33)29(20)3)19-6-8-31(9-7-19)24-25-14-18(15-26-24)16-30-12-10-28(2)11-13-30/h4-5,14-15,19H,6-13,16H2,1-3H3. The summed E-state index contributed by atoms with van der Waals surface area (Å²) in [4.78, 5) is 46.3. The lowest BCUT2D eigenvalue weighted by molar-refractivity contribution is 0.148. The van der Waals surface area contributed by atoms with E-state index in [1.54, 1.807) is 11.6 Å². The maximum absolute atomic E-state index is 12.9. The van der Waals surface area contributed by atoms with Gasteiger partial charge < -0.3 is 14.4 Å². The van der Waals surface area contributed by atoms with Crippen LogP contribution in [0.1, 0.15) is 30.1 Å². The number of hydrogen-bond donors (Lipinski definition) is 0. The van der Waals surface area contributed by atoms with Crippen LogP contribution in [0.25, 0.3) is 11.2 Å². The average Bonchev–Trinajstić information content (AvgIpc) is 2.85. The Kier molecular flexibility index (Phi) is 6.18. The molecule has 0 bridgehead atoms. The quantitative estimate of drug-likeness (QED) is 0.523. The van der Waals surface area contributed by atoms with Crippen molar-refractivity contribution in [3.63, 3.8) is 0 Å². The normalized spacial score (nSPS) is 18.6. The van der Waals surface area contributed by atoms with Gasteiger partial charge in [-0.05, 0) is 38.9 Å². The molecule has 180 valence electrons. The van der Waals surface area contributed by atoms with Gasteiger partial charge in [-0.1, -0.05) is 0 Å². The highest BCUT2D eigenvalue weighted by atomic mass is 16.2. The van der Waals surface area contributed by atoms with Crippen molar-refractivity contribution in [1.29, 1.82) is 0 Å². The second kappa shape index (κ2) is 9.27. The molecular weight excluding hydrogens is 432 g/mol. The maximum Gasteiger partial charge on any atom is 0.318 e. The molecule has 10 nitrogen and oxygen atoms in total. The first-order valence-corrected chi connectivity index (χ1v) is 12.0. The molecule has 0 radical (unpaired) electrons. The zero-order chi connectivity index (χ0) is 23.8. The molecule has 2 aliphatic rings. The molecule has 5 heterocycles. The zero-order valence-electron chi connectivity index (χ0n) is 20.1. The van der Waals surface area contributed by atoms with Crippen molar-refractivity contribution in [3.05, 3.63) is 56.5 Å². The number of pyridine rings is 1. The van der Waals surface area contributed by atoms with Crippen molar-refractivity contribution in [2.45, 2.75) is 32.4 Å². The average molecular weight is 465 g/mol. The molecule has 0 atom stereocenters. The fourth-order valence-corrected chi connectivity index (χ4v) is 4.95. The van der Waals surface area contributed by atoms with E-state index < -0.39 is 11.1 Å².